The van der Waals surface area contributed by atoms with Crippen LogP contribution in [0.1, 0.15) is 39.6 Å². The molecule has 0 saturated carbocycles. The van der Waals surface area contributed by atoms with E-state index in [4.69, 9.17) is 19.3 Å². The number of benzene rings is 5. The number of rotatable bonds is 15. The first-order valence-corrected chi connectivity index (χ1v) is 22.3. The van der Waals surface area contributed by atoms with Crippen molar-refractivity contribution >= 4 is 57.8 Å². The number of oxime groups is 1. The third-order valence-electron chi connectivity index (χ3n) is 10.8. The van der Waals surface area contributed by atoms with Gasteiger partial charge in [0, 0.05) is 30.8 Å². The van der Waals surface area contributed by atoms with Crippen LogP contribution in [0.5, 0.6) is 0 Å². The molecule has 5 aromatic carbocycles. The fourth-order valence-electron chi connectivity index (χ4n) is 7.69. The number of ether oxygens (including phenoxy) is 2. The molecule has 2 atom stereocenters. The molecule has 3 amide bonds. The second-order valence-corrected chi connectivity index (χ2v) is 17.0. The topological polar surface area (TPSA) is 152 Å². The number of nitrogens with zero attached hydrogens (tertiary/aromatic N) is 4. The SMILES string of the molecule is CO/N=C(\C(=O)NC1C(=O)N2C(C(=O)OC(c3ccccc3)c3ccccc3)=C(COC(=O)N(C)C)CS[C@@H]12)c1csc(NC(c2ccccc2)(c2ccccc2)c2ccccc2)n1. The van der Waals surface area contributed by atoms with Crippen LogP contribution in [-0.2, 0) is 34.2 Å². The second kappa shape index (κ2) is 19.4. The molecular weight excluding hydrogens is 849 g/mol. The van der Waals surface area contributed by atoms with Crippen LogP contribution in [0.4, 0.5) is 9.93 Å². The minimum absolute atomic E-state index is 0.0394. The molecule has 1 saturated heterocycles. The lowest BCUT2D eigenvalue weighted by Gasteiger charge is -2.49. The Morgan fingerprint density at radius 2 is 1.33 bits per heavy atom. The van der Waals surface area contributed by atoms with Gasteiger partial charge in [-0.1, -0.05) is 157 Å². The van der Waals surface area contributed by atoms with E-state index in [9.17, 15) is 19.2 Å². The predicted molar refractivity (Wildman–Crippen MR) is 246 cm³/mol. The Kier molecular flexibility index (Phi) is 13.2. The van der Waals surface area contributed by atoms with Crippen molar-refractivity contribution in [3.8, 4) is 0 Å². The van der Waals surface area contributed by atoms with Crippen LogP contribution in [0.25, 0.3) is 0 Å². The van der Waals surface area contributed by atoms with E-state index in [0.29, 0.717) is 10.7 Å². The first kappa shape index (κ1) is 43.4. The fraction of sp³-hybridized carbons (Fsp3) is 0.184. The number of esters is 1. The summed E-state index contributed by atoms with van der Waals surface area (Å²) in [5, 5.41) is 12.1. The standard InChI is InChI=1S/C49H44N6O7S2/c1-54(2)48(59)61-29-34-30-63-45-40(44(57)55(45)41(34)46(58)62-42(32-19-9-4-10-20-32)33-21-11-5-12-22-33)51-43(56)39(53-60-3)38-31-64-47(50-38)52-49(35-23-13-6-14-24-35,36-25-15-7-16-26-36)37-27-17-8-18-28-37/h4-28,31,40,42,45H,29-30H2,1-3H3,(H,50,52)(H,51,56)/b53-39-/t40?,45-/m0/s1. The number of nitrogens with one attached hydrogen (secondary N) is 2. The number of anilines is 1. The van der Waals surface area contributed by atoms with Crippen LogP contribution in [-0.4, -0.2) is 89.4 Å². The number of β-lactam (4-membered cyclic amide) rings is 1. The van der Waals surface area contributed by atoms with E-state index < -0.39 is 46.9 Å². The van der Waals surface area contributed by atoms with Crippen LogP contribution in [0.2, 0.25) is 0 Å². The normalized spacial score (nSPS) is 16.0. The van der Waals surface area contributed by atoms with Gasteiger partial charge in [0.1, 0.15) is 42.1 Å². The van der Waals surface area contributed by atoms with Crippen LogP contribution in [0.3, 0.4) is 0 Å². The summed E-state index contributed by atoms with van der Waals surface area (Å²) in [4.78, 5) is 67.8. The lowest BCUT2D eigenvalue weighted by atomic mass is 9.77. The van der Waals surface area contributed by atoms with Crippen molar-refractivity contribution in [3.05, 3.63) is 202 Å². The fourth-order valence-corrected chi connectivity index (χ4v) is 9.77. The lowest BCUT2D eigenvalue weighted by Crippen LogP contribution is -2.71. The van der Waals surface area contributed by atoms with E-state index in [-0.39, 0.29) is 29.5 Å². The van der Waals surface area contributed by atoms with Gasteiger partial charge < -0.3 is 29.8 Å². The van der Waals surface area contributed by atoms with Crippen molar-refractivity contribution in [1.29, 1.82) is 0 Å². The Bertz CT molecular complexity index is 2530. The van der Waals surface area contributed by atoms with Gasteiger partial charge in [0.15, 0.2) is 16.9 Å². The van der Waals surface area contributed by atoms with E-state index in [1.807, 2.05) is 115 Å². The molecule has 8 rings (SSSR count). The Hall–Kier alpha value is -7.23. The van der Waals surface area contributed by atoms with Crippen molar-refractivity contribution in [2.45, 2.75) is 23.1 Å². The van der Waals surface area contributed by atoms with Crippen LogP contribution < -0.4 is 10.6 Å². The number of fused-ring (bicyclic) bond motifs is 1. The molecule has 2 aliphatic rings. The second-order valence-electron chi connectivity index (χ2n) is 15.0. The summed E-state index contributed by atoms with van der Waals surface area (Å²) in [5.74, 6) is -1.83. The molecule has 0 aliphatic carbocycles. The molecule has 3 heterocycles. The number of thiazole rings is 1. The maximum atomic E-state index is 14.4. The molecule has 1 aromatic heterocycles. The van der Waals surface area contributed by atoms with Crippen molar-refractivity contribution in [1.82, 2.24) is 20.1 Å². The quantitative estimate of drug-likeness (QED) is 0.0347. The monoisotopic (exact) mass is 892 g/mol. The van der Waals surface area contributed by atoms with Gasteiger partial charge in [0.05, 0.1) is 0 Å². The molecule has 64 heavy (non-hydrogen) atoms. The minimum atomic E-state index is -1.05. The van der Waals surface area contributed by atoms with Gasteiger partial charge in [-0.2, -0.15) is 0 Å². The molecule has 2 N–H and O–H groups in total. The van der Waals surface area contributed by atoms with Crippen molar-refractivity contribution < 1.29 is 33.5 Å². The predicted octanol–water partition coefficient (Wildman–Crippen LogP) is 7.58. The lowest BCUT2D eigenvalue weighted by molar-refractivity contribution is -0.154. The number of carbonyl (C=O) groups excluding carboxylic acids is 4. The molecule has 324 valence electrons. The third kappa shape index (κ3) is 8.85. The molecule has 0 radical (unpaired) electrons. The summed E-state index contributed by atoms with van der Waals surface area (Å²) in [7, 11) is 4.42. The van der Waals surface area contributed by atoms with Crippen LogP contribution in [0.15, 0.2) is 173 Å². The molecule has 15 heteroatoms. The summed E-state index contributed by atoms with van der Waals surface area (Å²) < 4.78 is 11.7. The smallest absolute Gasteiger partial charge is 0.409 e. The number of carbonyl (C=O) groups is 4. The van der Waals surface area contributed by atoms with E-state index in [1.165, 1.54) is 40.0 Å². The first-order chi connectivity index (χ1) is 31.2. The molecule has 1 fully saturated rings. The maximum Gasteiger partial charge on any atom is 0.409 e. The highest BCUT2D eigenvalue weighted by atomic mass is 32.2. The summed E-state index contributed by atoms with van der Waals surface area (Å²) in [6.45, 7) is -0.256. The molecular formula is C49H44N6O7S2. The molecule has 2 aliphatic heterocycles. The van der Waals surface area contributed by atoms with Gasteiger partial charge in [0.2, 0.25) is 0 Å². The number of hydrogen-bond donors (Lipinski definition) is 2. The van der Waals surface area contributed by atoms with Gasteiger partial charge in [-0.05, 0) is 27.8 Å². The summed E-state index contributed by atoms with van der Waals surface area (Å²) in [5.41, 5.74) is 3.90. The van der Waals surface area contributed by atoms with Gasteiger partial charge in [-0.3, -0.25) is 14.5 Å². The van der Waals surface area contributed by atoms with Crippen LogP contribution >= 0.6 is 23.1 Å². The Morgan fingerprint density at radius 3 is 1.83 bits per heavy atom. The number of hydrogen-bond acceptors (Lipinski definition) is 12. The minimum Gasteiger partial charge on any atom is -0.448 e. The average molecular weight is 893 g/mol. The number of amides is 3. The van der Waals surface area contributed by atoms with E-state index >= 15 is 0 Å². The summed E-state index contributed by atoms with van der Waals surface area (Å²) in [6.07, 6.45) is -1.42. The van der Waals surface area contributed by atoms with E-state index in [2.05, 4.69) is 52.2 Å². The first-order valence-electron chi connectivity index (χ1n) is 20.3. The zero-order valence-electron chi connectivity index (χ0n) is 35.1. The Morgan fingerprint density at radius 1 is 0.812 bits per heavy atom. The van der Waals surface area contributed by atoms with Crippen molar-refractivity contribution in [2.75, 3.05) is 38.9 Å². The summed E-state index contributed by atoms with van der Waals surface area (Å²) in [6, 6.07) is 47.6. The third-order valence-corrected chi connectivity index (χ3v) is 12.8. The molecule has 1 unspecified atom stereocenters. The van der Waals surface area contributed by atoms with Crippen LogP contribution in [0, 0.1) is 0 Å². The molecule has 0 spiro atoms. The maximum absolute atomic E-state index is 14.4. The largest absolute Gasteiger partial charge is 0.448 e. The zero-order valence-corrected chi connectivity index (χ0v) is 36.8. The molecule has 13 nitrogen and oxygen atoms in total. The van der Waals surface area contributed by atoms with Crippen molar-refractivity contribution in [2.24, 2.45) is 5.16 Å². The summed E-state index contributed by atoms with van der Waals surface area (Å²) >= 11 is 2.61. The van der Waals surface area contributed by atoms with Crippen molar-refractivity contribution in [3.63, 3.8) is 0 Å². The van der Waals surface area contributed by atoms with Gasteiger partial charge in [0.25, 0.3) is 11.8 Å². The molecule has 6 aromatic rings. The average Bonchev–Trinajstić information content (AvgIpc) is 3.81. The number of thioether (sulfide) groups is 1. The van der Waals surface area contributed by atoms with Gasteiger partial charge in [-0.15, -0.1) is 23.1 Å². The van der Waals surface area contributed by atoms with E-state index in [0.717, 1.165) is 27.8 Å². The zero-order chi connectivity index (χ0) is 44.6. The van der Waals surface area contributed by atoms with Gasteiger partial charge in [-0.25, -0.2) is 14.6 Å². The highest BCUT2D eigenvalue weighted by Crippen LogP contribution is 2.43. The Labute approximate surface area is 378 Å². The Balaban J connectivity index is 1.06. The number of aromatic nitrogens is 1. The highest BCUT2D eigenvalue weighted by molar-refractivity contribution is 8.00. The van der Waals surface area contributed by atoms with E-state index in [1.54, 1.807) is 19.5 Å². The van der Waals surface area contributed by atoms with Gasteiger partial charge >= 0.3 is 12.1 Å². The highest BCUT2D eigenvalue weighted by Gasteiger charge is 2.55. The molecule has 0 bridgehead atoms.